The molecule has 0 aliphatic heterocycles. The van der Waals surface area contributed by atoms with E-state index < -0.39 is 26.0 Å². The third kappa shape index (κ3) is 7.10. The van der Waals surface area contributed by atoms with Crippen LogP contribution >= 0.6 is 7.75 Å². The molecule has 0 bridgehead atoms. The number of nitrogens with one attached hydrogen (secondary N) is 2. The minimum absolute atomic E-state index is 0.114. The second-order valence-corrected chi connectivity index (χ2v) is 6.17. The topological polar surface area (TPSA) is 117 Å². The Morgan fingerprint density at radius 3 is 2.48 bits per heavy atom. The van der Waals surface area contributed by atoms with E-state index in [1.165, 1.54) is 21.2 Å². The second kappa shape index (κ2) is 10.7. The summed E-state index contributed by atoms with van der Waals surface area (Å²) in [6, 6.07) is 8.49. The molecular formula is C14H22N3O7P. The normalized spacial score (nSPS) is 15.0. The Kier molecular flexibility index (Phi) is 8.93. The standard InChI is InChI=1S/C14H22N3O7P/c1-5-21-25(19,16-3)24-13(22-11-9-7-6-8-10-11)12(17-20-4)23-14(18)15-2/h6-10,13H,5H2,1-4H3,(H,15,18)(H,16,19)/b17-12-. The van der Waals surface area contributed by atoms with Crippen molar-refractivity contribution in [1.29, 1.82) is 0 Å². The van der Waals surface area contributed by atoms with Crippen LogP contribution in [-0.4, -0.2) is 46.1 Å². The highest BCUT2D eigenvalue weighted by atomic mass is 31.2. The number of alkyl carbamates (subject to hydrolysis) is 1. The lowest BCUT2D eigenvalue weighted by molar-refractivity contribution is 0.0238. The van der Waals surface area contributed by atoms with Crippen LogP contribution in [0.15, 0.2) is 35.5 Å². The van der Waals surface area contributed by atoms with Gasteiger partial charge in [0.05, 0.1) is 6.61 Å². The number of carbonyl (C=O) groups is 1. The summed E-state index contributed by atoms with van der Waals surface area (Å²) in [6.07, 6.45) is -2.32. The minimum atomic E-state index is -3.75. The molecule has 2 atom stereocenters. The smallest absolute Gasteiger partial charge is 0.413 e. The molecule has 0 aliphatic rings. The van der Waals surface area contributed by atoms with Crippen LogP contribution in [-0.2, 0) is 23.2 Å². The van der Waals surface area contributed by atoms with E-state index in [4.69, 9.17) is 18.5 Å². The van der Waals surface area contributed by atoms with Crippen molar-refractivity contribution in [3.05, 3.63) is 30.3 Å². The van der Waals surface area contributed by atoms with Crippen LogP contribution in [0.2, 0.25) is 0 Å². The zero-order valence-electron chi connectivity index (χ0n) is 14.4. The Morgan fingerprint density at radius 1 is 1.28 bits per heavy atom. The van der Waals surface area contributed by atoms with Gasteiger partial charge in [-0.15, -0.1) is 0 Å². The summed E-state index contributed by atoms with van der Waals surface area (Å²) in [5, 5.41) is 8.26. The Balaban J connectivity index is 3.13. The fourth-order valence-electron chi connectivity index (χ4n) is 1.53. The van der Waals surface area contributed by atoms with Crippen LogP contribution in [0.4, 0.5) is 4.79 Å². The number of benzene rings is 1. The number of ether oxygens (including phenoxy) is 2. The maximum Gasteiger partial charge on any atom is 0.413 e. The van der Waals surface area contributed by atoms with Crippen molar-refractivity contribution in [3.63, 3.8) is 0 Å². The molecule has 140 valence electrons. The minimum Gasteiger partial charge on any atom is -0.455 e. The van der Waals surface area contributed by atoms with E-state index in [2.05, 4.69) is 20.4 Å². The fourth-order valence-corrected chi connectivity index (χ4v) is 2.55. The largest absolute Gasteiger partial charge is 0.455 e. The number of amides is 1. The van der Waals surface area contributed by atoms with Crippen LogP contribution in [0.3, 0.4) is 0 Å². The number of hydrogen-bond donors (Lipinski definition) is 2. The van der Waals surface area contributed by atoms with E-state index in [1.807, 2.05) is 0 Å². The van der Waals surface area contributed by atoms with Crippen LogP contribution in [0.25, 0.3) is 0 Å². The Bertz CT molecular complexity index is 612. The average Bonchev–Trinajstić information content (AvgIpc) is 2.61. The van der Waals surface area contributed by atoms with Crippen molar-refractivity contribution in [2.45, 2.75) is 13.2 Å². The summed E-state index contributed by atoms with van der Waals surface area (Å²) in [5.74, 6) is -0.0446. The molecule has 2 unspecified atom stereocenters. The van der Waals surface area contributed by atoms with E-state index in [0.29, 0.717) is 5.75 Å². The molecule has 0 aromatic heterocycles. The molecule has 0 heterocycles. The van der Waals surface area contributed by atoms with Gasteiger partial charge < -0.3 is 19.6 Å². The maximum absolute atomic E-state index is 12.6. The molecule has 2 N–H and O–H groups in total. The van der Waals surface area contributed by atoms with Gasteiger partial charge in [0.25, 0.3) is 6.29 Å². The number of para-hydroxylation sites is 1. The average molecular weight is 375 g/mol. The zero-order chi connectivity index (χ0) is 18.7. The first-order chi connectivity index (χ1) is 12.0. The quantitative estimate of drug-likeness (QED) is 0.222. The van der Waals surface area contributed by atoms with E-state index in [1.54, 1.807) is 37.3 Å². The van der Waals surface area contributed by atoms with Crippen LogP contribution in [0, 0.1) is 0 Å². The number of nitrogens with zero attached hydrogens (tertiary/aromatic N) is 1. The molecule has 11 heteroatoms. The highest BCUT2D eigenvalue weighted by Crippen LogP contribution is 2.44. The molecule has 0 saturated carbocycles. The molecule has 0 spiro atoms. The molecule has 10 nitrogen and oxygen atoms in total. The van der Waals surface area contributed by atoms with Crippen molar-refractivity contribution < 1.29 is 32.7 Å². The number of hydrogen-bond acceptors (Lipinski definition) is 8. The summed E-state index contributed by atoms with van der Waals surface area (Å²) >= 11 is 0. The lowest BCUT2D eigenvalue weighted by atomic mass is 10.3. The van der Waals surface area contributed by atoms with Gasteiger partial charge in [-0.2, -0.15) is 0 Å². The fraction of sp³-hybridized carbons (Fsp3) is 0.429. The van der Waals surface area contributed by atoms with Crippen LogP contribution in [0.1, 0.15) is 6.92 Å². The van der Waals surface area contributed by atoms with Crippen molar-refractivity contribution in [2.24, 2.45) is 5.16 Å². The molecule has 1 rings (SSSR count). The number of oxime groups is 1. The molecule has 1 amide bonds. The summed E-state index contributed by atoms with van der Waals surface area (Å²) in [6.45, 7) is 1.76. The number of rotatable bonds is 9. The lowest BCUT2D eigenvalue weighted by Gasteiger charge is -2.24. The van der Waals surface area contributed by atoms with Gasteiger partial charge in [0.1, 0.15) is 12.9 Å². The van der Waals surface area contributed by atoms with Crippen molar-refractivity contribution in [2.75, 3.05) is 27.8 Å². The highest BCUT2D eigenvalue weighted by Gasteiger charge is 2.34. The summed E-state index contributed by atoms with van der Waals surface area (Å²) in [7, 11) is 0.249. The van der Waals surface area contributed by atoms with E-state index >= 15 is 0 Å². The second-order valence-electron chi connectivity index (χ2n) is 4.26. The molecule has 25 heavy (non-hydrogen) atoms. The molecule has 0 fully saturated rings. The predicted molar refractivity (Wildman–Crippen MR) is 90.2 cm³/mol. The first-order valence-electron chi connectivity index (χ1n) is 7.32. The van der Waals surface area contributed by atoms with Crippen LogP contribution in [0.5, 0.6) is 5.75 Å². The Morgan fingerprint density at radius 2 is 1.96 bits per heavy atom. The molecule has 0 saturated heterocycles. The SMILES string of the molecule is CCOP(=O)(NC)OC(Oc1ccccc1)/C(=N/OC)OC(=O)NC. The highest BCUT2D eigenvalue weighted by molar-refractivity contribution is 7.51. The van der Waals surface area contributed by atoms with Gasteiger partial charge in [0.2, 0.25) is 0 Å². The summed E-state index contributed by atoms with van der Waals surface area (Å²) in [5.41, 5.74) is 0. The molecule has 0 aliphatic carbocycles. The molecule has 0 radical (unpaired) electrons. The van der Waals surface area contributed by atoms with Gasteiger partial charge in [0, 0.05) is 7.05 Å². The van der Waals surface area contributed by atoms with Gasteiger partial charge in [-0.25, -0.2) is 19.0 Å². The van der Waals surface area contributed by atoms with Gasteiger partial charge in [-0.1, -0.05) is 18.2 Å². The molecular weight excluding hydrogens is 353 g/mol. The van der Waals surface area contributed by atoms with Crippen molar-refractivity contribution in [3.8, 4) is 5.75 Å². The predicted octanol–water partition coefficient (Wildman–Crippen LogP) is 2.09. The monoisotopic (exact) mass is 375 g/mol. The van der Waals surface area contributed by atoms with Crippen molar-refractivity contribution >= 4 is 19.7 Å². The van der Waals surface area contributed by atoms with Crippen LogP contribution < -0.4 is 15.1 Å². The lowest BCUT2D eigenvalue weighted by Crippen LogP contribution is -2.37. The summed E-state index contributed by atoms with van der Waals surface area (Å²) < 4.78 is 33.6. The van der Waals surface area contributed by atoms with Gasteiger partial charge in [0.15, 0.2) is 0 Å². The van der Waals surface area contributed by atoms with E-state index in [-0.39, 0.29) is 6.61 Å². The van der Waals surface area contributed by atoms with Gasteiger partial charge in [-0.05, 0) is 31.3 Å². The first-order valence-corrected chi connectivity index (χ1v) is 8.86. The summed E-state index contributed by atoms with van der Waals surface area (Å²) in [4.78, 5) is 16.2. The molecule has 1 aromatic rings. The third-order valence-electron chi connectivity index (χ3n) is 2.58. The molecule has 1 aromatic carbocycles. The first kappa shape index (κ1) is 20.9. The van der Waals surface area contributed by atoms with Crippen molar-refractivity contribution in [1.82, 2.24) is 10.4 Å². The zero-order valence-corrected chi connectivity index (χ0v) is 15.3. The van der Waals surface area contributed by atoms with E-state index in [0.717, 1.165) is 0 Å². The Hall–Kier alpha value is -2.13. The van der Waals surface area contributed by atoms with Gasteiger partial charge >= 0.3 is 19.7 Å². The van der Waals surface area contributed by atoms with Gasteiger partial charge in [-0.3, -0.25) is 4.52 Å². The number of carbonyl (C=O) groups excluding carboxylic acids is 1. The van der Waals surface area contributed by atoms with E-state index in [9.17, 15) is 9.36 Å². The maximum atomic E-state index is 12.6. The Labute approximate surface area is 146 Å². The third-order valence-corrected chi connectivity index (χ3v) is 4.19.